The lowest BCUT2D eigenvalue weighted by atomic mass is 10.0. The molecule has 5 heteroatoms. The van der Waals surface area contributed by atoms with Crippen molar-refractivity contribution in [3.63, 3.8) is 0 Å². The average Bonchev–Trinajstić information content (AvgIpc) is 2.93. The lowest BCUT2D eigenvalue weighted by Gasteiger charge is -2.19. The number of carboxylic acid groups (broad SMARTS) is 1. The van der Waals surface area contributed by atoms with Crippen LogP contribution in [-0.2, 0) is 18.3 Å². The number of carbonyl (C=O) groups is 2. The van der Waals surface area contributed by atoms with Gasteiger partial charge < -0.3 is 19.4 Å². The second kappa shape index (κ2) is 7.27. The summed E-state index contributed by atoms with van der Waals surface area (Å²) in [5, 5.41) is 12.4. The van der Waals surface area contributed by atoms with Gasteiger partial charge in [-0.1, -0.05) is 44.2 Å². The highest BCUT2D eigenvalue weighted by atomic mass is 16.4. The average molecular weight is 363 g/mol. The molecule has 140 valence electrons. The molecule has 0 N–H and O–H groups in total. The minimum atomic E-state index is -1.28. The third-order valence-corrected chi connectivity index (χ3v) is 5.05. The van der Waals surface area contributed by atoms with Crippen molar-refractivity contribution in [2.45, 2.75) is 26.2 Å². The Morgan fingerprint density at radius 2 is 1.70 bits per heavy atom. The Morgan fingerprint density at radius 1 is 1.07 bits per heavy atom. The summed E-state index contributed by atoms with van der Waals surface area (Å²) >= 11 is 0. The van der Waals surface area contributed by atoms with Gasteiger partial charge in [0.2, 0.25) is 5.91 Å². The van der Waals surface area contributed by atoms with Crippen molar-refractivity contribution in [3.05, 3.63) is 65.4 Å². The Morgan fingerprint density at radius 3 is 2.30 bits per heavy atom. The van der Waals surface area contributed by atoms with E-state index in [0.29, 0.717) is 11.5 Å². The summed E-state index contributed by atoms with van der Waals surface area (Å²) in [4.78, 5) is 26.1. The van der Waals surface area contributed by atoms with Gasteiger partial charge in [0.15, 0.2) is 0 Å². The first-order chi connectivity index (χ1) is 12.8. The largest absolute Gasteiger partial charge is 0.543 e. The van der Waals surface area contributed by atoms with Gasteiger partial charge in [-0.05, 0) is 35.2 Å². The third-order valence-electron chi connectivity index (χ3n) is 5.05. The number of aryl methyl sites for hydroxylation is 1. The van der Waals surface area contributed by atoms with Gasteiger partial charge in [0.05, 0.1) is 18.1 Å². The number of aromatic carboxylic acids is 1. The van der Waals surface area contributed by atoms with Gasteiger partial charge in [0, 0.05) is 30.7 Å². The second-order valence-electron chi connectivity index (χ2n) is 7.07. The standard InChI is InChI=1S/C22H24N2O3/c1-14(2)15-9-11-16(12-10-15)23(3)20(25)13-18-17-7-5-6-8-19(17)24(4)21(18)22(26)27/h5-12,14H,13H2,1-4H3,(H,26,27)/p-1. The molecule has 3 rings (SSSR count). The van der Waals surface area contributed by atoms with E-state index in [1.165, 1.54) is 5.56 Å². The Balaban J connectivity index is 1.94. The summed E-state index contributed by atoms with van der Waals surface area (Å²) in [6, 6.07) is 15.2. The highest BCUT2D eigenvalue weighted by Crippen LogP contribution is 2.27. The SMILES string of the molecule is CC(C)c1ccc(N(C)C(=O)Cc2c(C(=O)[O-])n(C)c3ccccc23)cc1. The Kier molecular flexibility index (Phi) is 5.04. The number of benzene rings is 2. The van der Waals surface area contributed by atoms with Crippen molar-refractivity contribution in [2.75, 3.05) is 11.9 Å². The molecule has 2 aromatic carbocycles. The fraction of sp³-hybridized carbons (Fsp3) is 0.273. The molecule has 0 spiro atoms. The summed E-state index contributed by atoms with van der Waals surface area (Å²) in [6.45, 7) is 4.23. The molecule has 0 atom stereocenters. The lowest BCUT2D eigenvalue weighted by Crippen LogP contribution is -2.30. The highest BCUT2D eigenvalue weighted by molar-refractivity contribution is 6.02. The molecule has 27 heavy (non-hydrogen) atoms. The maximum absolute atomic E-state index is 12.9. The van der Waals surface area contributed by atoms with Crippen LogP contribution in [-0.4, -0.2) is 23.5 Å². The number of aromatic nitrogens is 1. The smallest absolute Gasteiger partial charge is 0.231 e. The fourth-order valence-corrected chi connectivity index (χ4v) is 3.41. The Hall–Kier alpha value is -3.08. The van der Waals surface area contributed by atoms with Gasteiger partial charge in [0.1, 0.15) is 0 Å². The van der Waals surface area contributed by atoms with Gasteiger partial charge >= 0.3 is 0 Å². The normalized spacial score (nSPS) is 11.1. The summed E-state index contributed by atoms with van der Waals surface area (Å²) in [6.07, 6.45) is -0.00685. The van der Waals surface area contributed by atoms with E-state index in [1.807, 2.05) is 48.5 Å². The quantitative estimate of drug-likeness (QED) is 0.700. The van der Waals surface area contributed by atoms with Gasteiger partial charge in [-0.2, -0.15) is 0 Å². The summed E-state index contributed by atoms with van der Waals surface area (Å²) in [5.41, 5.74) is 3.29. The number of likely N-dealkylation sites (N-methyl/N-ethyl adjacent to an activating group) is 1. The zero-order valence-electron chi connectivity index (χ0n) is 16.0. The highest BCUT2D eigenvalue weighted by Gasteiger charge is 2.20. The van der Waals surface area contributed by atoms with E-state index in [1.54, 1.807) is 23.6 Å². The zero-order valence-corrected chi connectivity index (χ0v) is 16.0. The predicted molar refractivity (Wildman–Crippen MR) is 105 cm³/mol. The topological polar surface area (TPSA) is 65.4 Å². The molecule has 1 heterocycles. The molecule has 3 aromatic rings. The van der Waals surface area contributed by atoms with Gasteiger partial charge in [0.25, 0.3) is 0 Å². The van der Waals surface area contributed by atoms with Crippen LogP contribution in [0.1, 0.15) is 41.4 Å². The van der Waals surface area contributed by atoms with Gasteiger partial charge in [-0.25, -0.2) is 0 Å². The molecule has 0 aliphatic rings. The molecule has 0 fully saturated rings. The van der Waals surface area contributed by atoms with E-state index in [2.05, 4.69) is 13.8 Å². The molecule has 0 saturated carbocycles. The van der Waals surface area contributed by atoms with Crippen LogP contribution in [0.2, 0.25) is 0 Å². The molecule has 5 nitrogen and oxygen atoms in total. The van der Waals surface area contributed by atoms with Crippen LogP contribution in [0.25, 0.3) is 10.9 Å². The first kappa shape index (κ1) is 18.7. The molecule has 0 saturated heterocycles. The Bertz CT molecular complexity index is 1000. The van der Waals surface area contributed by atoms with Crippen molar-refractivity contribution in [3.8, 4) is 0 Å². The van der Waals surface area contributed by atoms with Gasteiger partial charge in [-0.3, -0.25) is 4.79 Å². The van der Waals surface area contributed by atoms with E-state index in [-0.39, 0.29) is 18.0 Å². The van der Waals surface area contributed by atoms with E-state index < -0.39 is 5.97 Å². The summed E-state index contributed by atoms with van der Waals surface area (Å²) in [7, 11) is 3.38. The zero-order chi connectivity index (χ0) is 19.7. The fourth-order valence-electron chi connectivity index (χ4n) is 3.41. The van der Waals surface area contributed by atoms with Crippen molar-refractivity contribution in [1.82, 2.24) is 4.57 Å². The van der Waals surface area contributed by atoms with Crippen LogP contribution < -0.4 is 10.0 Å². The number of rotatable bonds is 5. The maximum atomic E-state index is 12.9. The number of hydrogen-bond acceptors (Lipinski definition) is 3. The van der Waals surface area contributed by atoms with Crippen molar-refractivity contribution < 1.29 is 14.7 Å². The number of anilines is 1. The monoisotopic (exact) mass is 363 g/mol. The minimum Gasteiger partial charge on any atom is -0.543 e. The number of fused-ring (bicyclic) bond motifs is 1. The van der Waals surface area contributed by atoms with Crippen LogP contribution in [0.4, 0.5) is 5.69 Å². The van der Waals surface area contributed by atoms with E-state index in [4.69, 9.17) is 0 Å². The van der Waals surface area contributed by atoms with Crippen LogP contribution >= 0.6 is 0 Å². The summed E-state index contributed by atoms with van der Waals surface area (Å²) in [5.74, 6) is -1.03. The van der Waals surface area contributed by atoms with E-state index in [9.17, 15) is 14.7 Å². The van der Waals surface area contributed by atoms with Gasteiger partial charge in [-0.15, -0.1) is 0 Å². The number of carbonyl (C=O) groups excluding carboxylic acids is 2. The summed E-state index contributed by atoms with van der Waals surface area (Å²) < 4.78 is 1.57. The molecular weight excluding hydrogens is 340 g/mol. The van der Waals surface area contributed by atoms with Crippen molar-refractivity contribution in [1.29, 1.82) is 0 Å². The molecule has 1 amide bonds. The number of nitrogens with zero attached hydrogens (tertiary/aromatic N) is 2. The number of hydrogen-bond donors (Lipinski definition) is 0. The minimum absolute atomic E-state index is 0.00685. The lowest BCUT2D eigenvalue weighted by molar-refractivity contribution is -0.255. The van der Waals surface area contributed by atoms with E-state index >= 15 is 0 Å². The first-order valence-corrected chi connectivity index (χ1v) is 8.95. The van der Waals surface area contributed by atoms with E-state index in [0.717, 1.165) is 16.6 Å². The molecule has 0 aliphatic heterocycles. The predicted octanol–water partition coefficient (Wildman–Crippen LogP) is 2.87. The molecule has 0 bridgehead atoms. The van der Waals surface area contributed by atoms with Crippen LogP contribution in [0.15, 0.2) is 48.5 Å². The van der Waals surface area contributed by atoms with Crippen molar-refractivity contribution in [2.24, 2.45) is 7.05 Å². The van der Waals surface area contributed by atoms with Crippen LogP contribution in [0, 0.1) is 0 Å². The number of para-hydroxylation sites is 1. The number of carboxylic acids is 1. The third kappa shape index (κ3) is 3.45. The molecule has 1 aromatic heterocycles. The molecule has 0 unspecified atom stereocenters. The second-order valence-corrected chi connectivity index (χ2v) is 7.07. The van der Waals surface area contributed by atoms with Crippen LogP contribution in [0.3, 0.4) is 0 Å². The van der Waals surface area contributed by atoms with Crippen LogP contribution in [0.5, 0.6) is 0 Å². The molecule has 0 aliphatic carbocycles. The Labute approximate surface area is 158 Å². The molecule has 0 radical (unpaired) electrons. The van der Waals surface area contributed by atoms with Crippen molar-refractivity contribution >= 4 is 28.5 Å². The maximum Gasteiger partial charge on any atom is 0.231 e. The first-order valence-electron chi connectivity index (χ1n) is 8.95. The number of amides is 1. The molecular formula is C22H23N2O3-.